The maximum Gasteiger partial charge on any atom is 0.338 e. The number of methoxy groups -OCH3 is 2. The monoisotopic (exact) mass is 398 g/mol. The van der Waals surface area contributed by atoms with Gasteiger partial charge in [-0.05, 0) is 23.8 Å². The zero-order valence-corrected chi connectivity index (χ0v) is 16.8. The molecule has 1 amide bonds. The van der Waals surface area contributed by atoms with Crippen LogP contribution < -0.4 is 9.47 Å². The van der Waals surface area contributed by atoms with Crippen LogP contribution in [0.15, 0.2) is 48.5 Å². The predicted molar refractivity (Wildman–Crippen MR) is 108 cm³/mol. The maximum atomic E-state index is 12.4. The van der Waals surface area contributed by atoms with Crippen molar-refractivity contribution in [3.63, 3.8) is 0 Å². The quantitative estimate of drug-likeness (QED) is 0.666. The summed E-state index contributed by atoms with van der Waals surface area (Å²) in [5, 5.41) is 0. The van der Waals surface area contributed by atoms with Gasteiger partial charge in [-0.25, -0.2) is 4.79 Å². The number of rotatable bonds is 7. The molecule has 0 N–H and O–H groups in total. The summed E-state index contributed by atoms with van der Waals surface area (Å²) in [7, 11) is 3.02. The molecule has 0 atom stereocenters. The van der Waals surface area contributed by atoms with Gasteiger partial charge in [0.2, 0.25) is 0 Å². The molecular weight excluding hydrogens is 372 g/mol. The summed E-state index contributed by atoms with van der Waals surface area (Å²) in [4.78, 5) is 28.7. The van der Waals surface area contributed by atoms with Crippen molar-refractivity contribution < 1.29 is 23.8 Å². The molecule has 3 rings (SSSR count). The normalized spacial score (nSPS) is 14.3. The Morgan fingerprint density at radius 2 is 1.59 bits per heavy atom. The lowest BCUT2D eigenvalue weighted by atomic mass is 10.2. The number of carbonyl (C=O) groups is 2. The number of amides is 1. The van der Waals surface area contributed by atoms with E-state index in [1.165, 1.54) is 25.8 Å². The lowest BCUT2D eigenvalue weighted by Gasteiger charge is -2.34. The highest BCUT2D eigenvalue weighted by atomic mass is 16.5. The molecule has 2 aromatic rings. The van der Waals surface area contributed by atoms with Crippen LogP contribution in [0.5, 0.6) is 11.5 Å². The average molecular weight is 398 g/mol. The molecule has 1 heterocycles. The third kappa shape index (κ3) is 5.48. The Morgan fingerprint density at radius 3 is 2.24 bits per heavy atom. The molecule has 0 radical (unpaired) electrons. The van der Waals surface area contributed by atoms with Crippen molar-refractivity contribution in [3.8, 4) is 11.5 Å². The molecule has 1 aliphatic rings. The molecule has 0 bridgehead atoms. The molecule has 0 aliphatic carbocycles. The molecule has 154 valence electrons. The number of esters is 1. The molecule has 1 fully saturated rings. The largest absolute Gasteiger partial charge is 0.493 e. The number of nitrogens with zero attached hydrogens (tertiary/aromatic N) is 2. The summed E-state index contributed by atoms with van der Waals surface area (Å²) in [6, 6.07) is 15.0. The van der Waals surface area contributed by atoms with Crippen LogP contribution in [0.2, 0.25) is 0 Å². The zero-order valence-electron chi connectivity index (χ0n) is 16.8. The Balaban J connectivity index is 1.46. The first kappa shape index (κ1) is 20.7. The first-order valence-electron chi connectivity index (χ1n) is 9.54. The highest BCUT2D eigenvalue weighted by Gasteiger charge is 2.22. The topological polar surface area (TPSA) is 68.3 Å². The Morgan fingerprint density at radius 1 is 0.897 bits per heavy atom. The zero-order chi connectivity index (χ0) is 20.6. The van der Waals surface area contributed by atoms with E-state index in [-0.39, 0.29) is 12.5 Å². The Labute approximate surface area is 170 Å². The highest BCUT2D eigenvalue weighted by Crippen LogP contribution is 2.27. The SMILES string of the molecule is COc1ccc(C(=O)OCC(=O)N2CCN(Cc3ccccc3)CC2)cc1OC. The van der Waals surface area contributed by atoms with Crippen molar-refractivity contribution in [2.45, 2.75) is 6.54 Å². The van der Waals surface area contributed by atoms with Crippen LogP contribution >= 0.6 is 0 Å². The third-order valence-electron chi connectivity index (χ3n) is 4.92. The first-order valence-corrected chi connectivity index (χ1v) is 9.54. The predicted octanol–water partition coefficient (Wildman–Crippen LogP) is 2.21. The van der Waals surface area contributed by atoms with E-state index in [2.05, 4.69) is 17.0 Å². The van der Waals surface area contributed by atoms with Gasteiger partial charge in [0, 0.05) is 32.7 Å². The summed E-state index contributed by atoms with van der Waals surface area (Å²) < 4.78 is 15.5. The van der Waals surface area contributed by atoms with Crippen molar-refractivity contribution in [1.82, 2.24) is 9.80 Å². The molecule has 0 saturated carbocycles. The lowest BCUT2D eigenvalue weighted by Crippen LogP contribution is -2.49. The molecule has 0 aromatic heterocycles. The molecule has 1 saturated heterocycles. The van der Waals surface area contributed by atoms with Gasteiger partial charge in [0.05, 0.1) is 19.8 Å². The fraction of sp³-hybridized carbons (Fsp3) is 0.364. The molecule has 29 heavy (non-hydrogen) atoms. The fourth-order valence-corrected chi connectivity index (χ4v) is 3.26. The van der Waals surface area contributed by atoms with Gasteiger partial charge >= 0.3 is 5.97 Å². The van der Waals surface area contributed by atoms with Gasteiger partial charge in [0.1, 0.15) is 0 Å². The molecule has 7 nitrogen and oxygen atoms in total. The second-order valence-electron chi connectivity index (χ2n) is 6.79. The lowest BCUT2D eigenvalue weighted by molar-refractivity contribution is -0.136. The smallest absolute Gasteiger partial charge is 0.338 e. The average Bonchev–Trinajstić information content (AvgIpc) is 2.78. The van der Waals surface area contributed by atoms with Crippen LogP contribution in [0.1, 0.15) is 15.9 Å². The summed E-state index contributed by atoms with van der Waals surface area (Å²) in [6.07, 6.45) is 0. The minimum absolute atomic E-state index is 0.182. The van der Waals surface area contributed by atoms with E-state index in [0.717, 1.165) is 19.6 Å². The molecular formula is C22H26N2O5. The molecule has 0 spiro atoms. The molecule has 0 unspecified atom stereocenters. The van der Waals surface area contributed by atoms with Gasteiger partial charge in [-0.3, -0.25) is 9.69 Å². The Bertz CT molecular complexity index is 832. The van der Waals surface area contributed by atoms with Crippen LogP contribution in [-0.4, -0.2) is 68.7 Å². The van der Waals surface area contributed by atoms with Gasteiger partial charge < -0.3 is 19.1 Å². The van der Waals surface area contributed by atoms with Crippen LogP contribution in [0.4, 0.5) is 0 Å². The Kier molecular flexibility index (Phi) is 7.08. The van der Waals surface area contributed by atoms with Gasteiger partial charge in [0.25, 0.3) is 5.91 Å². The standard InChI is InChI=1S/C22H26N2O5/c1-27-19-9-8-18(14-20(19)28-2)22(26)29-16-21(25)24-12-10-23(11-13-24)15-17-6-4-3-5-7-17/h3-9,14H,10-13,15-16H2,1-2H3. The number of piperazine rings is 1. The minimum Gasteiger partial charge on any atom is -0.493 e. The van der Waals surface area contributed by atoms with E-state index < -0.39 is 5.97 Å². The van der Waals surface area contributed by atoms with Crippen molar-refractivity contribution in [2.75, 3.05) is 47.0 Å². The van der Waals surface area contributed by atoms with Crippen molar-refractivity contribution in [1.29, 1.82) is 0 Å². The third-order valence-corrected chi connectivity index (χ3v) is 4.92. The van der Waals surface area contributed by atoms with E-state index in [9.17, 15) is 9.59 Å². The van der Waals surface area contributed by atoms with Crippen LogP contribution in [0, 0.1) is 0 Å². The van der Waals surface area contributed by atoms with Gasteiger partial charge in [-0.2, -0.15) is 0 Å². The van der Waals surface area contributed by atoms with Crippen molar-refractivity contribution >= 4 is 11.9 Å². The minimum atomic E-state index is -0.568. The summed E-state index contributed by atoms with van der Waals surface area (Å²) in [6.45, 7) is 3.44. The molecule has 7 heteroatoms. The van der Waals surface area contributed by atoms with Crippen LogP contribution in [0.3, 0.4) is 0 Å². The van der Waals surface area contributed by atoms with Crippen molar-refractivity contribution in [3.05, 3.63) is 59.7 Å². The number of benzene rings is 2. The maximum absolute atomic E-state index is 12.4. The van der Waals surface area contributed by atoms with Gasteiger partial charge in [-0.15, -0.1) is 0 Å². The van der Waals surface area contributed by atoms with Crippen LogP contribution in [0.25, 0.3) is 0 Å². The number of hydrogen-bond acceptors (Lipinski definition) is 6. The van der Waals surface area contributed by atoms with E-state index in [0.29, 0.717) is 30.2 Å². The molecule has 1 aliphatic heterocycles. The second kappa shape index (κ2) is 9.93. The number of ether oxygens (including phenoxy) is 3. The first-order chi connectivity index (χ1) is 14.1. The summed E-state index contributed by atoms with van der Waals surface area (Å²) in [5.41, 5.74) is 1.57. The van der Waals surface area contributed by atoms with Gasteiger partial charge in [0.15, 0.2) is 18.1 Å². The summed E-state index contributed by atoms with van der Waals surface area (Å²) >= 11 is 0. The van der Waals surface area contributed by atoms with Crippen LogP contribution in [-0.2, 0) is 16.1 Å². The summed E-state index contributed by atoms with van der Waals surface area (Å²) in [5.74, 6) is 0.205. The van der Waals surface area contributed by atoms with Gasteiger partial charge in [-0.1, -0.05) is 30.3 Å². The fourth-order valence-electron chi connectivity index (χ4n) is 3.26. The van der Waals surface area contributed by atoms with Crippen molar-refractivity contribution in [2.24, 2.45) is 0 Å². The molecule has 2 aromatic carbocycles. The highest BCUT2D eigenvalue weighted by molar-refractivity contribution is 5.92. The van der Waals surface area contributed by atoms with E-state index in [1.54, 1.807) is 17.0 Å². The second-order valence-corrected chi connectivity index (χ2v) is 6.79. The number of hydrogen-bond donors (Lipinski definition) is 0. The Hall–Kier alpha value is -3.06. The van der Waals surface area contributed by atoms with E-state index in [1.807, 2.05) is 18.2 Å². The van der Waals surface area contributed by atoms with E-state index in [4.69, 9.17) is 14.2 Å². The number of carbonyl (C=O) groups excluding carboxylic acids is 2. The van der Waals surface area contributed by atoms with E-state index >= 15 is 0 Å².